The van der Waals surface area contributed by atoms with Crippen LogP contribution in [0.25, 0.3) is 0 Å². The molecule has 0 radical (unpaired) electrons. The summed E-state index contributed by atoms with van der Waals surface area (Å²) in [5.41, 5.74) is 1.71. The summed E-state index contributed by atoms with van der Waals surface area (Å²) in [7, 11) is 0. The fourth-order valence-electron chi connectivity index (χ4n) is 1.67. The molecule has 11 heavy (non-hydrogen) atoms. The van der Waals surface area contributed by atoms with Crippen LogP contribution in [0.15, 0.2) is 11.6 Å². The first-order valence-electron chi connectivity index (χ1n) is 4.86. The van der Waals surface area contributed by atoms with E-state index < -0.39 is 0 Å². The van der Waals surface area contributed by atoms with Crippen LogP contribution in [0.2, 0.25) is 0 Å². The van der Waals surface area contributed by atoms with Gasteiger partial charge in [0, 0.05) is 0 Å². The van der Waals surface area contributed by atoms with E-state index in [1.807, 2.05) is 0 Å². The monoisotopic (exact) mass is 152 g/mol. The molecule has 1 aliphatic carbocycles. The smallest absolute Gasteiger partial charge is 0.0294 e. The molecule has 1 saturated carbocycles. The van der Waals surface area contributed by atoms with Gasteiger partial charge in [0.05, 0.1) is 0 Å². The molecular weight excluding hydrogens is 132 g/mol. The molecule has 0 N–H and O–H groups in total. The molecular formula is C11H20. The second kappa shape index (κ2) is 3.94. The van der Waals surface area contributed by atoms with E-state index in [1.165, 1.54) is 25.7 Å². The second-order valence-electron chi connectivity index (χ2n) is 4.34. The van der Waals surface area contributed by atoms with Gasteiger partial charge in [-0.05, 0) is 37.5 Å². The fraction of sp³-hybridized carbons (Fsp3) is 0.818. The lowest BCUT2D eigenvalue weighted by Gasteiger charge is -2.00. The Kier molecular flexibility index (Phi) is 3.16. The molecule has 0 aromatic rings. The van der Waals surface area contributed by atoms with Crippen molar-refractivity contribution in [2.75, 3.05) is 0 Å². The van der Waals surface area contributed by atoms with E-state index in [-0.39, 0.29) is 0 Å². The van der Waals surface area contributed by atoms with E-state index >= 15 is 0 Å². The van der Waals surface area contributed by atoms with Crippen molar-refractivity contribution in [1.82, 2.24) is 0 Å². The molecule has 0 spiro atoms. The van der Waals surface area contributed by atoms with Crippen LogP contribution >= 0.6 is 0 Å². The normalized spacial score (nSPS) is 28.7. The van der Waals surface area contributed by atoms with Gasteiger partial charge in [0.15, 0.2) is 0 Å². The van der Waals surface area contributed by atoms with Crippen LogP contribution in [-0.2, 0) is 0 Å². The van der Waals surface area contributed by atoms with Gasteiger partial charge in [-0.1, -0.05) is 32.4 Å². The molecule has 1 fully saturated rings. The standard InChI is InChI=1S/C11H20/c1-9(2)4-6-11-7-5-10(3)8-11/h6,9-10H,4-5,7-8H2,1-3H3. The zero-order valence-corrected chi connectivity index (χ0v) is 8.06. The molecule has 0 aliphatic heterocycles. The van der Waals surface area contributed by atoms with E-state index in [9.17, 15) is 0 Å². The molecule has 0 saturated heterocycles. The summed E-state index contributed by atoms with van der Waals surface area (Å²) in [4.78, 5) is 0. The summed E-state index contributed by atoms with van der Waals surface area (Å²) in [5, 5.41) is 0. The summed E-state index contributed by atoms with van der Waals surface area (Å²) < 4.78 is 0. The van der Waals surface area contributed by atoms with Crippen molar-refractivity contribution in [3.63, 3.8) is 0 Å². The third-order valence-electron chi connectivity index (χ3n) is 2.45. The average Bonchev–Trinajstić information content (AvgIpc) is 2.31. The van der Waals surface area contributed by atoms with Crippen LogP contribution in [0.4, 0.5) is 0 Å². The lowest BCUT2D eigenvalue weighted by Crippen LogP contribution is -1.84. The van der Waals surface area contributed by atoms with Crippen LogP contribution in [0.3, 0.4) is 0 Å². The molecule has 1 aliphatic rings. The minimum atomic E-state index is 0.832. The summed E-state index contributed by atoms with van der Waals surface area (Å²) in [6, 6.07) is 0. The highest BCUT2D eigenvalue weighted by atomic mass is 14.2. The van der Waals surface area contributed by atoms with E-state index in [0.29, 0.717) is 0 Å². The van der Waals surface area contributed by atoms with Crippen molar-refractivity contribution in [3.8, 4) is 0 Å². The Balaban J connectivity index is 2.30. The largest absolute Gasteiger partial charge is 0.0851 e. The Hall–Kier alpha value is -0.260. The third kappa shape index (κ3) is 3.09. The summed E-state index contributed by atoms with van der Waals surface area (Å²) >= 11 is 0. The van der Waals surface area contributed by atoms with Crippen LogP contribution < -0.4 is 0 Å². The van der Waals surface area contributed by atoms with Gasteiger partial charge in [-0.3, -0.25) is 0 Å². The zero-order valence-electron chi connectivity index (χ0n) is 8.06. The maximum Gasteiger partial charge on any atom is -0.0294 e. The Labute approximate surface area is 70.7 Å². The summed E-state index contributed by atoms with van der Waals surface area (Å²) in [6.45, 7) is 6.93. The van der Waals surface area contributed by atoms with Crippen molar-refractivity contribution in [1.29, 1.82) is 0 Å². The molecule has 0 amide bonds. The average molecular weight is 152 g/mol. The van der Waals surface area contributed by atoms with E-state index in [4.69, 9.17) is 0 Å². The molecule has 1 unspecified atom stereocenters. The summed E-state index contributed by atoms with van der Waals surface area (Å²) in [5.74, 6) is 1.78. The van der Waals surface area contributed by atoms with Crippen molar-refractivity contribution >= 4 is 0 Å². The van der Waals surface area contributed by atoms with E-state index in [1.54, 1.807) is 5.57 Å². The number of allylic oxidation sites excluding steroid dienone is 2. The maximum atomic E-state index is 2.47. The van der Waals surface area contributed by atoms with E-state index in [0.717, 1.165) is 11.8 Å². The SMILES string of the molecule is CC(C)CC=C1CCC(C)C1. The van der Waals surface area contributed by atoms with Gasteiger partial charge in [0.25, 0.3) is 0 Å². The Morgan fingerprint density at radius 2 is 2.27 bits per heavy atom. The molecule has 0 aromatic carbocycles. The lowest BCUT2D eigenvalue weighted by atomic mass is 10.1. The molecule has 0 bridgehead atoms. The predicted octanol–water partition coefficient (Wildman–Crippen LogP) is 3.78. The molecule has 0 aromatic heterocycles. The number of hydrogen-bond acceptors (Lipinski definition) is 0. The van der Waals surface area contributed by atoms with Crippen LogP contribution in [0.5, 0.6) is 0 Å². The van der Waals surface area contributed by atoms with Gasteiger partial charge < -0.3 is 0 Å². The predicted molar refractivity (Wildman–Crippen MR) is 50.6 cm³/mol. The van der Waals surface area contributed by atoms with Crippen LogP contribution in [0, 0.1) is 11.8 Å². The van der Waals surface area contributed by atoms with Gasteiger partial charge in [0.2, 0.25) is 0 Å². The van der Waals surface area contributed by atoms with Crippen LogP contribution in [0.1, 0.15) is 46.5 Å². The van der Waals surface area contributed by atoms with Gasteiger partial charge in [-0.2, -0.15) is 0 Å². The first kappa shape index (κ1) is 8.83. The molecule has 0 heteroatoms. The Bertz CT molecular complexity index is 142. The topological polar surface area (TPSA) is 0 Å². The Morgan fingerprint density at radius 3 is 2.73 bits per heavy atom. The molecule has 64 valence electrons. The van der Waals surface area contributed by atoms with Gasteiger partial charge in [0.1, 0.15) is 0 Å². The lowest BCUT2D eigenvalue weighted by molar-refractivity contribution is 0.619. The maximum absolute atomic E-state index is 2.47. The van der Waals surface area contributed by atoms with Gasteiger partial charge >= 0.3 is 0 Å². The number of hydrogen-bond donors (Lipinski definition) is 0. The highest BCUT2D eigenvalue weighted by Gasteiger charge is 2.13. The quantitative estimate of drug-likeness (QED) is 0.528. The summed E-state index contributed by atoms with van der Waals surface area (Å²) in [6.07, 6.45) is 7.90. The highest BCUT2D eigenvalue weighted by molar-refractivity contribution is 5.07. The van der Waals surface area contributed by atoms with Crippen molar-refractivity contribution < 1.29 is 0 Å². The first-order chi connectivity index (χ1) is 5.18. The first-order valence-corrected chi connectivity index (χ1v) is 4.86. The van der Waals surface area contributed by atoms with Gasteiger partial charge in [-0.15, -0.1) is 0 Å². The van der Waals surface area contributed by atoms with Crippen molar-refractivity contribution in [2.24, 2.45) is 11.8 Å². The van der Waals surface area contributed by atoms with Gasteiger partial charge in [-0.25, -0.2) is 0 Å². The minimum absolute atomic E-state index is 0.832. The minimum Gasteiger partial charge on any atom is -0.0851 e. The van der Waals surface area contributed by atoms with Crippen molar-refractivity contribution in [3.05, 3.63) is 11.6 Å². The van der Waals surface area contributed by atoms with Crippen LogP contribution in [-0.4, -0.2) is 0 Å². The number of rotatable bonds is 2. The highest BCUT2D eigenvalue weighted by Crippen LogP contribution is 2.30. The Morgan fingerprint density at radius 1 is 1.55 bits per heavy atom. The van der Waals surface area contributed by atoms with Crippen molar-refractivity contribution in [2.45, 2.75) is 46.5 Å². The third-order valence-corrected chi connectivity index (χ3v) is 2.45. The molecule has 0 heterocycles. The molecule has 0 nitrogen and oxygen atoms in total. The fourth-order valence-corrected chi connectivity index (χ4v) is 1.67. The second-order valence-corrected chi connectivity index (χ2v) is 4.34. The molecule has 1 rings (SSSR count). The van der Waals surface area contributed by atoms with E-state index in [2.05, 4.69) is 26.8 Å². The zero-order chi connectivity index (χ0) is 8.27. The molecule has 1 atom stereocenters.